The second-order valence-corrected chi connectivity index (χ2v) is 4.45. The number of hydrogen-bond acceptors (Lipinski definition) is 4. The van der Waals surface area contributed by atoms with Crippen LogP contribution in [0.15, 0.2) is 24.3 Å². The van der Waals surface area contributed by atoms with Crippen molar-refractivity contribution in [2.75, 3.05) is 38.2 Å². The Balaban J connectivity index is 1.92. The molecule has 1 aromatic rings. The minimum atomic E-state index is -0.0930. The molecule has 0 saturated carbocycles. The number of rotatable bonds is 3. The van der Waals surface area contributed by atoms with Crippen LogP contribution in [-0.4, -0.2) is 43.7 Å². The minimum absolute atomic E-state index is 0.0930. The van der Waals surface area contributed by atoms with Crippen molar-refractivity contribution >= 4 is 11.6 Å². The first kappa shape index (κ1) is 13.5. The van der Waals surface area contributed by atoms with Crippen molar-refractivity contribution in [2.45, 2.75) is 6.42 Å². The normalized spacial score (nSPS) is 16.4. The van der Waals surface area contributed by atoms with Crippen LogP contribution in [0.1, 0.15) is 12.0 Å². The Labute approximate surface area is 112 Å². The second-order valence-electron chi connectivity index (χ2n) is 4.45. The third kappa shape index (κ3) is 4.05. The molecule has 1 fully saturated rings. The second kappa shape index (κ2) is 6.88. The van der Waals surface area contributed by atoms with Crippen LogP contribution < -0.4 is 5.32 Å². The molecule has 1 aliphatic rings. The van der Waals surface area contributed by atoms with Crippen molar-refractivity contribution in [3.05, 3.63) is 29.8 Å². The zero-order valence-corrected chi connectivity index (χ0v) is 10.8. The molecule has 0 bridgehead atoms. The van der Waals surface area contributed by atoms with Crippen LogP contribution in [0.3, 0.4) is 0 Å². The fourth-order valence-corrected chi connectivity index (χ4v) is 2.04. The Kier molecular flexibility index (Phi) is 4.90. The third-order valence-electron chi connectivity index (χ3n) is 3.00. The molecule has 0 atom stereocenters. The SMILES string of the molecule is N#Cc1ccccc1NC(=O)CN1CCCOCC1. The van der Waals surface area contributed by atoms with Crippen molar-refractivity contribution in [1.29, 1.82) is 5.26 Å². The van der Waals surface area contributed by atoms with Gasteiger partial charge in [0, 0.05) is 19.7 Å². The van der Waals surface area contributed by atoms with Gasteiger partial charge >= 0.3 is 0 Å². The summed E-state index contributed by atoms with van der Waals surface area (Å²) in [4.78, 5) is 14.0. The monoisotopic (exact) mass is 259 g/mol. The zero-order chi connectivity index (χ0) is 13.5. The first-order valence-electron chi connectivity index (χ1n) is 6.38. The highest BCUT2D eigenvalue weighted by molar-refractivity contribution is 5.93. The fraction of sp³-hybridized carbons (Fsp3) is 0.429. The molecule has 1 aliphatic heterocycles. The summed E-state index contributed by atoms with van der Waals surface area (Å²) in [5.74, 6) is -0.0930. The van der Waals surface area contributed by atoms with Crippen molar-refractivity contribution in [2.24, 2.45) is 0 Å². The van der Waals surface area contributed by atoms with E-state index in [4.69, 9.17) is 10.00 Å². The molecular weight excluding hydrogens is 242 g/mol. The zero-order valence-electron chi connectivity index (χ0n) is 10.8. The number of para-hydroxylation sites is 1. The Morgan fingerprint density at radius 2 is 2.21 bits per heavy atom. The first-order valence-corrected chi connectivity index (χ1v) is 6.38. The van der Waals surface area contributed by atoms with Crippen molar-refractivity contribution in [3.8, 4) is 6.07 Å². The van der Waals surface area contributed by atoms with Gasteiger partial charge in [-0.3, -0.25) is 9.69 Å². The van der Waals surface area contributed by atoms with E-state index >= 15 is 0 Å². The van der Waals surface area contributed by atoms with E-state index in [1.54, 1.807) is 24.3 Å². The van der Waals surface area contributed by atoms with E-state index in [0.29, 0.717) is 24.4 Å². The predicted molar refractivity (Wildman–Crippen MR) is 71.7 cm³/mol. The highest BCUT2D eigenvalue weighted by atomic mass is 16.5. The van der Waals surface area contributed by atoms with Gasteiger partial charge in [0.2, 0.25) is 5.91 Å². The summed E-state index contributed by atoms with van der Waals surface area (Å²) >= 11 is 0. The maximum absolute atomic E-state index is 12.0. The Morgan fingerprint density at radius 3 is 3.05 bits per heavy atom. The van der Waals surface area contributed by atoms with Crippen LogP contribution >= 0.6 is 0 Å². The lowest BCUT2D eigenvalue weighted by Crippen LogP contribution is -2.35. The molecule has 2 rings (SSSR count). The lowest BCUT2D eigenvalue weighted by molar-refractivity contribution is -0.117. The highest BCUT2D eigenvalue weighted by Crippen LogP contribution is 2.13. The summed E-state index contributed by atoms with van der Waals surface area (Å²) in [6, 6.07) is 9.07. The molecule has 1 N–H and O–H groups in total. The van der Waals surface area contributed by atoms with Crippen LogP contribution in [0.5, 0.6) is 0 Å². The standard InChI is InChI=1S/C14H17N3O2/c15-10-12-4-1-2-5-13(12)16-14(18)11-17-6-3-8-19-9-7-17/h1-2,4-5H,3,6-9,11H2,(H,16,18). The van der Waals surface area contributed by atoms with E-state index in [1.807, 2.05) is 0 Å². The fourth-order valence-electron chi connectivity index (χ4n) is 2.04. The summed E-state index contributed by atoms with van der Waals surface area (Å²) in [6.45, 7) is 3.40. The van der Waals surface area contributed by atoms with Gasteiger partial charge in [0.25, 0.3) is 0 Å². The average molecular weight is 259 g/mol. The van der Waals surface area contributed by atoms with Gasteiger partial charge in [0.05, 0.1) is 24.4 Å². The number of nitrogens with zero attached hydrogens (tertiary/aromatic N) is 2. The molecule has 5 heteroatoms. The molecule has 1 aromatic carbocycles. The minimum Gasteiger partial charge on any atom is -0.380 e. The molecule has 5 nitrogen and oxygen atoms in total. The smallest absolute Gasteiger partial charge is 0.238 e. The quantitative estimate of drug-likeness (QED) is 0.886. The molecule has 0 aromatic heterocycles. The molecule has 1 heterocycles. The van der Waals surface area contributed by atoms with Crippen molar-refractivity contribution in [1.82, 2.24) is 4.90 Å². The molecule has 0 spiro atoms. The Hall–Kier alpha value is -1.90. The molecule has 0 unspecified atom stereocenters. The number of benzene rings is 1. The summed E-state index contributed by atoms with van der Waals surface area (Å²) in [5, 5.41) is 11.7. The van der Waals surface area contributed by atoms with Gasteiger partial charge in [0.1, 0.15) is 6.07 Å². The first-order chi connectivity index (χ1) is 9.29. The predicted octanol–water partition coefficient (Wildman–Crippen LogP) is 1.22. The van der Waals surface area contributed by atoms with Crippen LogP contribution in [0, 0.1) is 11.3 Å². The maximum atomic E-state index is 12.0. The van der Waals surface area contributed by atoms with Gasteiger partial charge in [0.15, 0.2) is 0 Å². The van der Waals surface area contributed by atoms with Crippen LogP contribution in [0.25, 0.3) is 0 Å². The lowest BCUT2D eigenvalue weighted by Gasteiger charge is -2.18. The molecule has 19 heavy (non-hydrogen) atoms. The van der Waals surface area contributed by atoms with Gasteiger partial charge in [-0.2, -0.15) is 5.26 Å². The average Bonchev–Trinajstić information content (AvgIpc) is 2.68. The molecule has 100 valence electrons. The Bertz CT molecular complexity index is 474. The van der Waals surface area contributed by atoms with Crippen molar-refractivity contribution < 1.29 is 9.53 Å². The number of ether oxygens (including phenoxy) is 1. The van der Waals surface area contributed by atoms with Crippen LogP contribution in [0.2, 0.25) is 0 Å². The number of carbonyl (C=O) groups is 1. The topological polar surface area (TPSA) is 65.4 Å². The largest absolute Gasteiger partial charge is 0.380 e. The number of nitrogens with one attached hydrogen (secondary N) is 1. The molecule has 0 aliphatic carbocycles. The Morgan fingerprint density at radius 1 is 1.37 bits per heavy atom. The van der Waals surface area contributed by atoms with E-state index in [2.05, 4.69) is 16.3 Å². The molecule has 1 saturated heterocycles. The number of nitriles is 1. The number of amides is 1. The van der Waals surface area contributed by atoms with Gasteiger partial charge in [-0.15, -0.1) is 0 Å². The molecule has 0 radical (unpaired) electrons. The van der Waals surface area contributed by atoms with E-state index < -0.39 is 0 Å². The van der Waals surface area contributed by atoms with E-state index in [0.717, 1.165) is 26.1 Å². The van der Waals surface area contributed by atoms with Gasteiger partial charge < -0.3 is 10.1 Å². The highest BCUT2D eigenvalue weighted by Gasteiger charge is 2.14. The van der Waals surface area contributed by atoms with Gasteiger partial charge in [-0.25, -0.2) is 0 Å². The molecular formula is C14H17N3O2. The number of hydrogen-bond donors (Lipinski definition) is 1. The lowest BCUT2D eigenvalue weighted by atomic mass is 10.2. The van der Waals surface area contributed by atoms with E-state index in [-0.39, 0.29) is 5.91 Å². The molecule has 1 amide bonds. The number of anilines is 1. The van der Waals surface area contributed by atoms with Gasteiger partial charge in [-0.05, 0) is 18.6 Å². The van der Waals surface area contributed by atoms with Crippen LogP contribution in [-0.2, 0) is 9.53 Å². The summed E-state index contributed by atoms with van der Waals surface area (Å²) in [6.07, 6.45) is 0.946. The van der Waals surface area contributed by atoms with Crippen LogP contribution in [0.4, 0.5) is 5.69 Å². The number of carbonyl (C=O) groups excluding carboxylic acids is 1. The van der Waals surface area contributed by atoms with E-state index in [9.17, 15) is 4.79 Å². The summed E-state index contributed by atoms with van der Waals surface area (Å²) in [7, 11) is 0. The maximum Gasteiger partial charge on any atom is 0.238 e. The third-order valence-corrected chi connectivity index (χ3v) is 3.00. The van der Waals surface area contributed by atoms with Crippen molar-refractivity contribution in [3.63, 3.8) is 0 Å². The summed E-state index contributed by atoms with van der Waals surface area (Å²) < 4.78 is 5.34. The summed E-state index contributed by atoms with van der Waals surface area (Å²) in [5.41, 5.74) is 1.05. The van der Waals surface area contributed by atoms with E-state index in [1.165, 1.54) is 0 Å². The van der Waals surface area contributed by atoms with Gasteiger partial charge in [-0.1, -0.05) is 12.1 Å².